The molecule has 0 bridgehead atoms. The molecule has 0 saturated carbocycles. The first-order valence-electron chi connectivity index (χ1n) is 7.40. The van der Waals surface area contributed by atoms with Gasteiger partial charge in [-0.1, -0.05) is 30.7 Å². The zero-order valence-corrected chi connectivity index (χ0v) is 14.1. The van der Waals surface area contributed by atoms with Crippen molar-refractivity contribution in [2.45, 2.75) is 13.3 Å². The quantitative estimate of drug-likeness (QED) is 0.481. The Morgan fingerprint density at radius 1 is 1.20 bits per heavy atom. The minimum absolute atomic E-state index is 0.0591. The molecule has 8 heteroatoms. The van der Waals surface area contributed by atoms with Gasteiger partial charge in [0.15, 0.2) is 6.61 Å². The van der Waals surface area contributed by atoms with Crippen LogP contribution >= 0.6 is 11.6 Å². The third-order valence-electron chi connectivity index (χ3n) is 3.36. The molecule has 0 aliphatic rings. The predicted molar refractivity (Wildman–Crippen MR) is 92.8 cm³/mol. The van der Waals surface area contributed by atoms with Crippen LogP contribution in [0, 0.1) is 10.1 Å². The number of esters is 1. The number of aryl methyl sites for hydroxylation is 1. The molecule has 7 nitrogen and oxygen atoms in total. The third-order valence-corrected chi connectivity index (χ3v) is 3.68. The van der Waals surface area contributed by atoms with Gasteiger partial charge in [0, 0.05) is 11.8 Å². The molecule has 2 rings (SSSR count). The number of nitro groups is 1. The number of rotatable bonds is 6. The number of halogens is 1. The number of nitrogens with zero attached hydrogens (tertiary/aromatic N) is 1. The van der Waals surface area contributed by atoms with Crippen LogP contribution in [0.1, 0.15) is 22.8 Å². The van der Waals surface area contributed by atoms with Gasteiger partial charge in [-0.3, -0.25) is 14.9 Å². The molecule has 0 aromatic heterocycles. The van der Waals surface area contributed by atoms with Crippen molar-refractivity contribution in [2.24, 2.45) is 0 Å². The Morgan fingerprint density at radius 2 is 1.88 bits per heavy atom. The number of benzene rings is 2. The highest BCUT2D eigenvalue weighted by molar-refractivity contribution is 6.32. The summed E-state index contributed by atoms with van der Waals surface area (Å²) in [5, 5.41) is 13.3. The first kappa shape index (κ1) is 18.4. The molecule has 0 saturated heterocycles. The highest BCUT2D eigenvalue weighted by atomic mass is 35.5. The second-order valence-corrected chi connectivity index (χ2v) is 5.51. The zero-order chi connectivity index (χ0) is 18.4. The predicted octanol–water partition coefficient (Wildman–Crippen LogP) is 3.61. The summed E-state index contributed by atoms with van der Waals surface area (Å²) in [6, 6.07) is 10.8. The number of anilines is 1. The standard InChI is InChI=1S/C17H15ClN2O5/c1-2-11-3-6-13(7-4-11)19-16(21)10-25-17(22)12-5-8-14(18)15(9-12)20(23)24/h3-9H,2,10H2,1H3,(H,19,21). The number of nitrogens with one attached hydrogen (secondary N) is 1. The lowest BCUT2D eigenvalue weighted by Gasteiger charge is -2.07. The largest absolute Gasteiger partial charge is 0.452 e. The van der Waals surface area contributed by atoms with Gasteiger partial charge in [0.05, 0.1) is 10.5 Å². The highest BCUT2D eigenvalue weighted by Gasteiger charge is 2.18. The zero-order valence-electron chi connectivity index (χ0n) is 13.3. The molecule has 0 radical (unpaired) electrons. The third kappa shape index (κ3) is 5.02. The van der Waals surface area contributed by atoms with Gasteiger partial charge in [-0.05, 0) is 36.2 Å². The number of hydrogen-bond donors (Lipinski definition) is 1. The maximum Gasteiger partial charge on any atom is 0.338 e. The highest BCUT2D eigenvalue weighted by Crippen LogP contribution is 2.25. The molecule has 0 aliphatic heterocycles. The molecule has 1 amide bonds. The van der Waals surface area contributed by atoms with Crippen LogP contribution in [0.2, 0.25) is 5.02 Å². The second-order valence-electron chi connectivity index (χ2n) is 5.10. The van der Waals surface area contributed by atoms with Crippen LogP contribution in [-0.4, -0.2) is 23.4 Å². The summed E-state index contributed by atoms with van der Waals surface area (Å²) in [7, 11) is 0. The van der Waals surface area contributed by atoms with E-state index in [2.05, 4.69) is 5.32 Å². The lowest BCUT2D eigenvalue weighted by atomic mass is 10.1. The van der Waals surface area contributed by atoms with Gasteiger partial charge in [0.2, 0.25) is 0 Å². The molecule has 0 spiro atoms. The van der Waals surface area contributed by atoms with Crippen molar-refractivity contribution in [2.75, 3.05) is 11.9 Å². The Bertz CT molecular complexity index is 805. The van der Waals surface area contributed by atoms with Crippen molar-refractivity contribution >= 4 is 34.9 Å². The second kappa shape index (κ2) is 8.25. The fraction of sp³-hybridized carbons (Fsp3) is 0.176. The Hall–Kier alpha value is -2.93. The van der Waals surface area contributed by atoms with E-state index in [-0.39, 0.29) is 10.6 Å². The molecule has 0 heterocycles. The van der Waals surface area contributed by atoms with Crippen molar-refractivity contribution < 1.29 is 19.2 Å². The summed E-state index contributed by atoms with van der Waals surface area (Å²) in [6.07, 6.45) is 0.888. The molecule has 1 N–H and O–H groups in total. The molecule has 130 valence electrons. The lowest BCUT2D eigenvalue weighted by Crippen LogP contribution is -2.21. The number of hydrogen-bond acceptors (Lipinski definition) is 5. The summed E-state index contributed by atoms with van der Waals surface area (Å²) < 4.78 is 4.86. The summed E-state index contributed by atoms with van der Waals surface area (Å²) in [6.45, 7) is 1.51. The molecule has 0 unspecified atom stereocenters. The Labute approximate surface area is 148 Å². The van der Waals surface area contributed by atoms with E-state index in [4.69, 9.17) is 16.3 Å². The molecule has 0 atom stereocenters. The molecule has 25 heavy (non-hydrogen) atoms. The molecular weight excluding hydrogens is 348 g/mol. The van der Waals surface area contributed by atoms with Gasteiger partial charge in [0.25, 0.3) is 11.6 Å². The number of nitro benzene ring substituents is 1. The summed E-state index contributed by atoms with van der Waals surface area (Å²) in [5.74, 6) is -1.36. The number of amides is 1. The van der Waals surface area contributed by atoms with Crippen molar-refractivity contribution in [3.63, 3.8) is 0 Å². The van der Waals surface area contributed by atoms with Crippen LogP contribution in [0.4, 0.5) is 11.4 Å². The fourth-order valence-corrected chi connectivity index (χ4v) is 2.20. The van der Waals surface area contributed by atoms with Crippen LogP contribution in [0.25, 0.3) is 0 Å². The topological polar surface area (TPSA) is 98.5 Å². The molecule has 2 aromatic rings. The van der Waals surface area contributed by atoms with Crippen LogP contribution < -0.4 is 5.32 Å². The maximum absolute atomic E-state index is 11.9. The van der Waals surface area contributed by atoms with Crippen LogP contribution in [0.15, 0.2) is 42.5 Å². The van der Waals surface area contributed by atoms with Gasteiger partial charge in [-0.15, -0.1) is 0 Å². The van der Waals surface area contributed by atoms with E-state index in [1.54, 1.807) is 12.1 Å². The van der Waals surface area contributed by atoms with Crippen molar-refractivity contribution in [3.8, 4) is 0 Å². The summed E-state index contributed by atoms with van der Waals surface area (Å²) >= 11 is 5.68. The van der Waals surface area contributed by atoms with Gasteiger partial charge in [-0.2, -0.15) is 0 Å². The maximum atomic E-state index is 11.9. The number of ether oxygens (including phenoxy) is 1. The van der Waals surface area contributed by atoms with E-state index in [1.807, 2.05) is 19.1 Å². The van der Waals surface area contributed by atoms with Gasteiger partial charge in [0.1, 0.15) is 5.02 Å². The lowest BCUT2D eigenvalue weighted by molar-refractivity contribution is -0.384. The Balaban J connectivity index is 1.93. The van der Waals surface area contributed by atoms with E-state index in [0.29, 0.717) is 5.69 Å². The van der Waals surface area contributed by atoms with Crippen molar-refractivity contribution in [1.29, 1.82) is 0 Å². The van der Waals surface area contributed by atoms with E-state index in [1.165, 1.54) is 12.1 Å². The smallest absolute Gasteiger partial charge is 0.338 e. The van der Waals surface area contributed by atoms with Crippen molar-refractivity contribution in [3.05, 3.63) is 68.7 Å². The average Bonchev–Trinajstić information content (AvgIpc) is 2.60. The Morgan fingerprint density at radius 3 is 2.48 bits per heavy atom. The Kier molecular flexibility index (Phi) is 6.08. The van der Waals surface area contributed by atoms with E-state index < -0.39 is 29.1 Å². The van der Waals surface area contributed by atoms with Gasteiger partial charge in [-0.25, -0.2) is 4.79 Å². The van der Waals surface area contributed by atoms with E-state index in [0.717, 1.165) is 18.1 Å². The number of carbonyl (C=O) groups is 2. The fourth-order valence-electron chi connectivity index (χ4n) is 2.01. The average molecular weight is 363 g/mol. The van der Waals surface area contributed by atoms with Gasteiger partial charge >= 0.3 is 5.97 Å². The monoisotopic (exact) mass is 362 g/mol. The van der Waals surface area contributed by atoms with E-state index >= 15 is 0 Å². The van der Waals surface area contributed by atoms with Crippen molar-refractivity contribution in [1.82, 2.24) is 0 Å². The SMILES string of the molecule is CCc1ccc(NC(=O)COC(=O)c2ccc(Cl)c([N+](=O)[O-])c2)cc1. The minimum Gasteiger partial charge on any atom is -0.452 e. The molecule has 0 fully saturated rings. The molecule has 2 aromatic carbocycles. The molecule has 0 aliphatic carbocycles. The van der Waals surface area contributed by atoms with Gasteiger partial charge < -0.3 is 10.1 Å². The first-order valence-corrected chi connectivity index (χ1v) is 7.78. The van der Waals surface area contributed by atoms with Crippen LogP contribution in [-0.2, 0) is 16.0 Å². The van der Waals surface area contributed by atoms with Crippen LogP contribution in [0.5, 0.6) is 0 Å². The van der Waals surface area contributed by atoms with Crippen LogP contribution in [0.3, 0.4) is 0 Å². The first-order chi connectivity index (χ1) is 11.9. The normalized spacial score (nSPS) is 10.2. The number of carbonyl (C=O) groups excluding carboxylic acids is 2. The van der Waals surface area contributed by atoms with E-state index in [9.17, 15) is 19.7 Å². The summed E-state index contributed by atoms with van der Waals surface area (Å²) in [4.78, 5) is 33.8. The minimum atomic E-state index is -0.851. The summed E-state index contributed by atoms with van der Waals surface area (Å²) in [5.41, 5.74) is 1.25. The molecular formula is C17H15ClN2O5.